The third-order valence-electron chi connectivity index (χ3n) is 1.79. The fourth-order valence-corrected chi connectivity index (χ4v) is 1.29. The van der Waals surface area contributed by atoms with Gasteiger partial charge in [0.15, 0.2) is 5.78 Å². The summed E-state index contributed by atoms with van der Waals surface area (Å²) in [6, 6.07) is 0. The monoisotopic (exact) mass is 172 g/mol. The van der Waals surface area contributed by atoms with E-state index in [-0.39, 0.29) is 17.8 Å². The molecule has 0 radical (unpaired) electrons. The number of ether oxygens (including phenoxy) is 1. The van der Waals surface area contributed by atoms with Crippen LogP contribution in [0, 0.1) is 11.8 Å². The van der Waals surface area contributed by atoms with Crippen LogP contribution in [0.15, 0.2) is 0 Å². The van der Waals surface area contributed by atoms with Gasteiger partial charge in [0, 0.05) is 13.5 Å². The maximum absolute atomic E-state index is 11.5. The Kier molecular flexibility index (Phi) is 5.14. The molecule has 0 aliphatic heterocycles. The highest BCUT2D eigenvalue weighted by atomic mass is 16.5. The molecule has 2 nitrogen and oxygen atoms in total. The molecule has 0 saturated heterocycles. The van der Waals surface area contributed by atoms with E-state index in [4.69, 9.17) is 4.74 Å². The standard InChI is InChI=1S/C10H20O2/c1-7(2)6-9(11)10(12-5)8(3)4/h7-8,10H,6H2,1-5H3. The number of rotatable bonds is 5. The van der Waals surface area contributed by atoms with Crippen LogP contribution < -0.4 is 0 Å². The first-order valence-corrected chi connectivity index (χ1v) is 4.54. The molecule has 1 unspecified atom stereocenters. The largest absolute Gasteiger partial charge is 0.373 e. The predicted octanol–water partition coefficient (Wildman–Crippen LogP) is 2.27. The van der Waals surface area contributed by atoms with E-state index >= 15 is 0 Å². The maximum atomic E-state index is 11.5. The molecule has 1 atom stereocenters. The van der Waals surface area contributed by atoms with E-state index in [1.54, 1.807) is 7.11 Å². The van der Waals surface area contributed by atoms with Crippen LogP contribution in [0.3, 0.4) is 0 Å². The Morgan fingerprint density at radius 1 is 1.25 bits per heavy atom. The van der Waals surface area contributed by atoms with Crippen molar-refractivity contribution in [2.45, 2.75) is 40.2 Å². The number of hydrogen-bond acceptors (Lipinski definition) is 2. The number of Topliss-reactive ketones (excluding diaryl/α,β-unsaturated/α-hetero) is 1. The van der Waals surface area contributed by atoms with Gasteiger partial charge in [0.05, 0.1) is 0 Å². The first-order chi connectivity index (χ1) is 5.49. The fraction of sp³-hybridized carbons (Fsp3) is 0.900. The minimum Gasteiger partial charge on any atom is -0.373 e. The lowest BCUT2D eigenvalue weighted by molar-refractivity contribution is -0.131. The van der Waals surface area contributed by atoms with Crippen LogP contribution in [0.4, 0.5) is 0 Å². The molecular weight excluding hydrogens is 152 g/mol. The summed E-state index contributed by atoms with van der Waals surface area (Å²) in [5, 5.41) is 0. The summed E-state index contributed by atoms with van der Waals surface area (Å²) in [6.07, 6.45) is 0.406. The number of carbonyl (C=O) groups is 1. The van der Waals surface area contributed by atoms with Crippen molar-refractivity contribution in [3.05, 3.63) is 0 Å². The topological polar surface area (TPSA) is 26.3 Å². The lowest BCUT2D eigenvalue weighted by atomic mass is 9.96. The third kappa shape index (κ3) is 3.86. The van der Waals surface area contributed by atoms with E-state index in [1.165, 1.54) is 0 Å². The average molecular weight is 172 g/mol. The van der Waals surface area contributed by atoms with Gasteiger partial charge in [0.2, 0.25) is 0 Å². The van der Waals surface area contributed by atoms with Crippen molar-refractivity contribution in [3.63, 3.8) is 0 Å². The Bertz CT molecular complexity index is 139. The quantitative estimate of drug-likeness (QED) is 0.636. The molecule has 0 aliphatic carbocycles. The van der Waals surface area contributed by atoms with Crippen LogP contribution in [-0.4, -0.2) is 19.0 Å². The average Bonchev–Trinajstić information content (AvgIpc) is 1.85. The highest BCUT2D eigenvalue weighted by molar-refractivity contribution is 5.83. The number of methoxy groups -OCH3 is 1. The van der Waals surface area contributed by atoms with Crippen LogP contribution in [-0.2, 0) is 9.53 Å². The van der Waals surface area contributed by atoms with E-state index in [2.05, 4.69) is 0 Å². The van der Waals surface area contributed by atoms with E-state index in [1.807, 2.05) is 27.7 Å². The molecule has 0 aromatic carbocycles. The van der Waals surface area contributed by atoms with E-state index < -0.39 is 0 Å². The summed E-state index contributed by atoms with van der Waals surface area (Å²) in [6.45, 7) is 8.11. The third-order valence-corrected chi connectivity index (χ3v) is 1.79. The van der Waals surface area contributed by atoms with Crippen molar-refractivity contribution in [2.24, 2.45) is 11.8 Å². The van der Waals surface area contributed by atoms with Gasteiger partial charge in [-0.3, -0.25) is 4.79 Å². The predicted molar refractivity (Wildman–Crippen MR) is 50.1 cm³/mol. The Morgan fingerprint density at radius 3 is 2.00 bits per heavy atom. The van der Waals surface area contributed by atoms with Crippen molar-refractivity contribution < 1.29 is 9.53 Å². The Labute approximate surface area is 75.3 Å². The molecule has 0 aromatic rings. The molecule has 2 heteroatoms. The smallest absolute Gasteiger partial charge is 0.162 e. The summed E-state index contributed by atoms with van der Waals surface area (Å²) in [4.78, 5) is 11.5. The lowest BCUT2D eigenvalue weighted by Crippen LogP contribution is -2.29. The van der Waals surface area contributed by atoms with Gasteiger partial charge in [-0.25, -0.2) is 0 Å². The molecule has 0 amide bonds. The van der Waals surface area contributed by atoms with Gasteiger partial charge in [-0.15, -0.1) is 0 Å². The molecule has 12 heavy (non-hydrogen) atoms. The zero-order chi connectivity index (χ0) is 9.72. The summed E-state index contributed by atoms with van der Waals surface area (Å²) < 4.78 is 5.12. The molecule has 0 aliphatic rings. The van der Waals surface area contributed by atoms with Crippen molar-refractivity contribution in [2.75, 3.05) is 7.11 Å². The molecule has 0 N–H and O–H groups in total. The molecular formula is C10H20O2. The highest BCUT2D eigenvalue weighted by Crippen LogP contribution is 2.12. The second-order valence-electron chi connectivity index (χ2n) is 3.96. The number of hydrogen-bond donors (Lipinski definition) is 0. The van der Waals surface area contributed by atoms with Gasteiger partial charge in [-0.2, -0.15) is 0 Å². The second-order valence-corrected chi connectivity index (χ2v) is 3.96. The van der Waals surface area contributed by atoms with Crippen LogP contribution >= 0.6 is 0 Å². The van der Waals surface area contributed by atoms with Gasteiger partial charge in [0.25, 0.3) is 0 Å². The lowest BCUT2D eigenvalue weighted by Gasteiger charge is -2.18. The molecule has 0 heterocycles. The minimum atomic E-state index is -0.215. The van der Waals surface area contributed by atoms with E-state index in [0.29, 0.717) is 12.3 Å². The molecule has 0 fully saturated rings. The summed E-state index contributed by atoms with van der Waals surface area (Å²) >= 11 is 0. The first kappa shape index (κ1) is 11.6. The molecule has 72 valence electrons. The SMILES string of the molecule is COC(C(=O)CC(C)C)C(C)C. The zero-order valence-corrected chi connectivity index (χ0v) is 8.76. The van der Waals surface area contributed by atoms with Crippen LogP contribution in [0.25, 0.3) is 0 Å². The van der Waals surface area contributed by atoms with Gasteiger partial charge in [-0.05, 0) is 11.8 Å². The minimum absolute atomic E-state index is 0.215. The van der Waals surface area contributed by atoms with E-state index in [9.17, 15) is 4.79 Å². The Balaban J connectivity index is 4.04. The normalized spacial score (nSPS) is 13.9. The first-order valence-electron chi connectivity index (χ1n) is 4.54. The zero-order valence-electron chi connectivity index (χ0n) is 8.76. The summed E-state index contributed by atoms with van der Waals surface area (Å²) in [7, 11) is 1.60. The van der Waals surface area contributed by atoms with Gasteiger partial charge in [0.1, 0.15) is 6.10 Å². The molecule has 0 aromatic heterocycles. The summed E-state index contributed by atoms with van der Waals surface area (Å²) in [5.41, 5.74) is 0. The molecule has 0 bridgehead atoms. The highest BCUT2D eigenvalue weighted by Gasteiger charge is 2.21. The molecule has 0 saturated carbocycles. The van der Waals surface area contributed by atoms with Crippen LogP contribution in [0.1, 0.15) is 34.1 Å². The van der Waals surface area contributed by atoms with Crippen molar-refractivity contribution in [1.29, 1.82) is 0 Å². The van der Waals surface area contributed by atoms with Crippen LogP contribution in [0.2, 0.25) is 0 Å². The van der Waals surface area contributed by atoms with Gasteiger partial charge >= 0.3 is 0 Å². The van der Waals surface area contributed by atoms with Gasteiger partial charge in [-0.1, -0.05) is 27.7 Å². The van der Waals surface area contributed by atoms with Gasteiger partial charge < -0.3 is 4.74 Å². The van der Waals surface area contributed by atoms with Crippen molar-refractivity contribution in [1.82, 2.24) is 0 Å². The summed E-state index contributed by atoms with van der Waals surface area (Å²) in [5.74, 6) is 0.928. The van der Waals surface area contributed by atoms with Crippen molar-refractivity contribution >= 4 is 5.78 Å². The van der Waals surface area contributed by atoms with Crippen molar-refractivity contribution in [3.8, 4) is 0 Å². The molecule has 0 spiro atoms. The molecule has 0 rings (SSSR count). The van der Waals surface area contributed by atoms with E-state index in [0.717, 1.165) is 0 Å². The Morgan fingerprint density at radius 2 is 1.75 bits per heavy atom. The number of carbonyl (C=O) groups excluding carboxylic acids is 1. The fourth-order valence-electron chi connectivity index (χ4n) is 1.29. The maximum Gasteiger partial charge on any atom is 0.162 e. The Hall–Kier alpha value is -0.370. The van der Waals surface area contributed by atoms with Crippen LogP contribution in [0.5, 0.6) is 0 Å². The number of ketones is 1. The second kappa shape index (κ2) is 5.31.